The number of hydrogen-bond acceptors (Lipinski definition) is 2. The van der Waals surface area contributed by atoms with Crippen molar-refractivity contribution in [3.8, 4) is 0 Å². The number of benzene rings is 1. The van der Waals surface area contributed by atoms with E-state index in [0.29, 0.717) is 30.1 Å². The fourth-order valence-corrected chi connectivity index (χ4v) is 3.93. The Morgan fingerprint density at radius 3 is 2.38 bits per heavy atom. The van der Waals surface area contributed by atoms with Crippen LogP contribution in [0.2, 0.25) is 10.0 Å². The minimum absolute atomic E-state index is 0.0694. The summed E-state index contributed by atoms with van der Waals surface area (Å²) in [6, 6.07) is 3.90. The number of hydrogen-bond donors (Lipinski definition) is 2. The number of carbonyl (C=O) groups excluding carboxylic acids is 1. The highest BCUT2D eigenvalue weighted by atomic mass is 35.5. The first-order valence-electron chi connectivity index (χ1n) is 7.21. The van der Waals surface area contributed by atoms with Crippen molar-refractivity contribution in [2.24, 2.45) is 5.92 Å². The molecule has 2 bridgehead atoms. The Balaban J connectivity index is 1.59. The summed E-state index contributed by atoms with van der Waals surface area (Å²) in [5.41, 5.74) is 0.438. The van der Waals surface area contributed by atoms with Gasteiger partial charge in [0.2, 0.25) is 5.91 Å². The van der Waals surface area contributed by atoms with Gasteiger partial charge >= 0.3 is 0 Å². The van der Waals surface area contributed by atoms with E-state index in [0.717, 1.165) is 12.8 Å². The molecule has 0 radical (unpaired) electrons. The molecule has 2 N–H and O–H groups in total. The maximum Gasteiger partial charge on any atom is 0.224 e. The zero-order valence-corrected chi connectivity index (χ0v) is 13.0. The fraction of sp³-hybridized carbons (Fsp3) is 0.533. The van der Waals surface area contributed by atoms with Gasteiger partial charge in [-0.2, -0.15) is 0 Å². The van der Waals surface area contributed by atoms with E-state index in [1.54, 1.807) is 0 Å². The molecule has 2 atom stereocenters. The van der Waals surface area contributed by atoms with Crippen molar-refractivity contribution < 1.29 is 9.18 Å². The average Bonchev–Trinajstić information content (AvgIpc) is 2.75. The Morgan fingerprint density at radius 2 is 1.81 bits per heavy atom. The molecule has 114 valence electrons. The summed E-state index contributed by atoms with van der Waals surface area (Å²) in [5, 5.41) is 6.14. The minimum atomic E-state index is -0.661. The van der Waals surface area contributed by atoms with Gasteiger partial charge in [0, 0.05) is 24.2 Å². The van der Waals surface area contributed by atoms with E-state index in [1.807, 2.05) is 0 Å². The quantitative estimate of drug-likeness (QED) is 0.822. The topological polar surface area (TPSA) is 41.1 Å². The summed E-state index contributed by atoms with van der Waals surface area (Å²) in [7, 11) is 0. The maximum absolute atomic E-state index is 13.3. The van der Waals surface area contributed by atoms with Crippen LogP contribution in [0.15, 0.2) is 12.1 Å². The zero-order valence-electron chi connectivity index (χ0n) is 11.5. The van der Waals surface area contributed by atoms with E-state index in [1.165, 1.54) is 25.0 Å². The maximum atomic E-state index is 13.3. The van der Waals surface area contributed by atoms with Crippen LogP contribution >= 0.6 is 23.2 Å². The highest BCUT2D eigenvalue weighted by Crippen LogP contribution is 2.33. The first-order valence-corrected chi connectivity index (χ1v) is 7.97. The summed E-state index contributed by atoms with van der Waals surface area (Å²) >= 11 is 11.4. The lowest BCUT2D eigenvalue weighted by atomic mass is 9.89. The van der Waals surface area contributed by atoms with Gasteiger partial charge in [0.25, 0.3) is 0 Å². The molecule has 6 heteroatoms. The number of carbonyl (C=O) groups is 1. The third kappa shape index (κ3) is 3.50. The van der Waals surface area contributed by atoms with Crippen LogP contribution in [0.25, 0.3) is 0 Å². The Hall–Kier alpha value is -0.840. The normalized spacial score (nSPS) is 27.7. The predicted octanol–water partition coefficient (Wildman–Crippen LogP) is 3.99. The first kappa shape index (κ1) is 15.1. The van der Waals surface area contributed by atoms with E-state index in [-0.39, 0.29) is 16.0 Å². The minimum Gasteiger partial charge on any atom is -0.326 e. The monoisotopic (exact) mass is 330 g/mol. The van der Waals surface area contributed by atoms with E-state index in [4.69, 9.17) is 23.2 Å². The number of rotatable bonds is 3. The number of nitrogens with one attached hydrogen (secondary N) is 2. The molecule has 1 aromatic carbocycles. The van der Waals surface area contributed by atoms with Gasteiger partial charge in [0.05, 0.1) is 10.0 Å². The highest BCUT2D eigenvalue weighted by molar-refractivity contribution is 6.35. The molecule has 2 aliphatic rings. The van der Waals surface area contributed by atoms with Crippen LogP contribution < -0.4 is 10.6 Å². The van der Waals surface area contributed by atoms with Crippen LogP contribution in [-0.2, 0) is 4.79 Å². The van der Waals surface area contributed by atoms with Crippen LogP contribution in [-0.4, -0.2) is 18.0 Å². The Bertz CT molecular complexity index is 532. The van der Waals surface area contributed by atoms with Crippen molar-refractivity contribution in [3.05, 3.63) is 28.0 Å². The number of halogens is 3. The SMILES string of the molecule is O=C(CC1CC2CCC(C1)N2)Nc1cc(Cl)c(F)c(Cl)c1. The molecular formula is C15H17Cl2FN2O. The number of piperidine rings is 1. The molecule has 3 nitrogen and oxygen atoms in total. The second-order valence-corrected chi connectivity index (χ2v) is 6.80. The van der Waals surface area contributed by atoms with E-state index < -0.39 is 5.82 Å². The lowest BCUT2D eigenvalue weighted by Gasteiger charge is -2.28. The molecule has 2 heterocycles. The summed E-state index contributed by atoms with van der Waals surface area (Å²) in [6.07, 6.45) is 5.02. The summed E-state index contributed by atoms with van der Waals surface area (Å²) in [4.78, 5) is 12.1. The summed E-state index contributed by atoms with van der Waals surface area (Å²) < 4.78 is 13.3. The van der Waals surface area contributed by atoms with Gasteiger partial charge < -0.3 is 10.6 Å². The molecule has 2 saturated heterocycles. The summed E-state index contributed by atoms with van der Waals surface area (Å²) in [5.74, 6) is -0.318. The molecular weight excluding hydrogens is 314 g/mol. The van der Waals surface area contributed by atoms with Crippen molar-refractivity contribution in [2.45, 2.75) is 44.2 Å². The first-order chi connectivity index (χ1) is 10.0. The van der Waals surface area contributed by atoms with Gasteiger partial charge in [-0.25, -0.2) is 4.39 Å². The van der Waals surface area contributed by atoms with Crippen molar-refractivity contribution >= 4 is 34.8 Å². The van der Waals surface area contributed by atoms with Crippen LogP contribution in [0.3, 0.4) is 0 Å². The molecule has 2 unspecified atom stereocenters. The van der Waals surface area contributed by atoms with Crippen LogP contribution in [0.4, 0.5) is 10.1 Å². The van der Waals surface area contributed by atoms with Crippen LogP contribution in [0, 0.1) is 11.7 Å². The average molecular weight is 331 g/mol. The predicted molar refractivity (Wildman–Crippen MR) is 82.3 cm³/mol. The second-order valence-electron chi connectivity index (χ2n) is 5.98. The largest absolute Gasteiger partial charge is 0.326 e. The standard InChI is InChI=1S/C15H17Cl2FN2O/c16-12-6-11(7-13(17)15(12)18)20-14(21)5-8-3-9-1-2-10(4-8)19-9/h6-10,19H,1-5H2,(H,20,21). The molecule has 2 aliphatic heterocycles. The Kier molecular flexibility index (Phi) is 4.38. The van der Waals surface area contributed by atoms with Gasteiger partial charge in [0.1, 0.15) is 0 Å². The highest BCUT2D eigenvalue weighted by Gasteiger charge is 2.34. The van der Waals surface area contributed by atoms with Crippen LogP contribution in [0.5, 0.6) is 0 Å². The Labute approximate surface area is 133 Å². The van der Waals surface area contributed by atoms with E-state index in [2.05, 4.69) is 10.6 Å². The lowest BCUT2D eigenvalue weighted by Crippen LogP contribution is -2.39. The van der Waals surface area contributed by atoms with Gasteiger partial charge in [-0.3, -0.25) is 4.79 Å². The molecule has 0 aromatic heterocycles. The second kappa shape index (κ2) is 6.11. The number of fused-ring (bicyclic) bond motifs is 2. The molecule has 1 amide bonds. The van der Waals surface area contributed by atoms with Gasteiger partial charge in [0.15, 0.2) is 5.82 Å². The number of amides is 1. The van der Waals surface area contributed by atoms with Crippen molar-refractivity contribution in [2.75, 3.05) is 5.32 Å². The van der Waals surface area contributed by atoms with E-state index in [9.17, 15) is 9.18 Å². The molecule has 3 rings (SSSR count). The van der Waals surface area contributed by atoms with Gasteiger partial charge in [-0.15, -0.1) is 0 Å². The zero-order chi connectivity index (χ0) is 15.0. The fourth-order valence-electron chi connectivity index (χ4n) is 3.44. The van der Waals surface area contributed by atoms with Gasteiger partial charge in [-0.1, -0.05) is 23.2 Å². The molecule has 21 heavy (non-hydrogen) atoms. The molecule has 0 aliphatic carbocycles. The molecule has 0 saturated carbocycles. The lowest BCUT2D eigenvalue weighted by molar-refractivity contribution is -0.117. The van der Waals surface area contributed by atoms with Crippen molar-refractivity contribution in [3.63, 3.8) is 0 Å². The van der Waals surface area contributed by atoms with E-state index >= 15 is 0 Å². The third-order valence-electron chi connectivity index (χ3n) is 4.31. The van der Waals surface area contributed by atoms with Gasteiger partial charge in [-0.05, 0) is 43.7 Å². The molecule has 1 aromatic rings. The third-order valence-corrected chi connectivity index (χ3v) is 4.86. The molecule has 0 spiro atoms. The molecule has 2 fully saturated rings. The van der Waals surface area contributed by atoms with Crippen molar-refractivity contribution in [1.29, 1.82) is 0 Å². The van der Waals surface area contributed by atoms with Crippen molar-refractivity contribution in [1.82, 2.24) is 5.32 Å². The number of anilines is 1. The Morgan fingerprint density at radius 1 is 1.24 bits per heavy atom. The van der Waals surface area contributed by atoms with Crippen LogP contribution in [0.1, 0.15) is 32.1 Å². The summed E-state index contributed by atoms with van der Waals surface area (Å²) in [6.45, 7) is 0. The smallest absolute Gasteiger partial charge is 0.224 e.